The van der Waals surface area contributed by atoms with Gasteiger partial charge in [-0.2, -0.15) is 0 Å². The summed E-state index contributed by atoms with van der Waals surface area (Å²) in [5.41, 5.74) is 3.48. The molecule has 2 rings (SSSR count). The van der Waals surface area contributed by atoms with Crippen molar-refractivity contribution in [2.75, 3.05) is 6.54 Å². The van der Waals surface area contributed by atoms with Crippen LogP contribution >= 0.6 is 0 Å². The van der Waals surface area contributed by atoms with Gasteiger partial charge >= 0.3 is 0 Å². The molecule has 1 aliphatic rings. The van der Waals surface area contributed by atoms with E-state index in [-0.39, 0.29) is 5.56 Å². The van der Waals surface area contributed by atoms with Crippen LogP contribution in [0.4, 0.5) is 0 Å². The van der Waals surface area contributed by atoms with Crippen molar-refractivity contribution in [3.63, 3.8) is 0 Å². The Labute approximate surface area is 96.3 Å². The molecule has 0 saturated heterocycles. The van der Waals surface area contributed by atoms with E-state index in [1.807, 2.05) is 0 Å². The number of aryl methyl sites for hydroxylation is 2. The van der Waals surface area contributed by atoms with Crippen LogP contribution in [-0.4, -0.2) is 11.5 Å². The third-order valence-electron chi connectivity index (χ3n) is 3.16. The zero-order chi connectivity index (χ0) is 11.4. The van der Waals surface area contributed by atoms with Crippen LogP contribution in [0.3, 0.4) is 0 Å². The Morgan fingerprint density at radius 2 is 2.19 bits per heavy atom. The summed E-state index contributed by atoms with van der Waals surface area (Å²) in [7, 11) is 0. The van der Waals surface area contributed by atoms with Gasteiger partial charge in [-0.15, -0.1) is 0 Å². The van der Waals surface area contributed by atoms with Crippen molar-refractivity contribution in [1.82, 2.24) is 10.3 Å². The molecule has 3 heteroatoms. The third kappa shape index (κ3) is 2.53. The zero-order valence-electron chi connectivity index (χ0n) is 9.94. The topological polar surface area (TPSA) is 44.9 Å². The standard InChI is InChI=1S/C13H20N2O/c1-2-7-14-9-11-8-10-5-3-4-6-12(10)15-13(11)16/h8,14H,2-7,9H2,1H3,(H,15,16). The highest BCUT2D eigenvalue weighted by atomic mass is 16.1. The molecule has 0 unspecified atom stereocenters. The van der Waals surface area contributed by atoms with Gasteiger partial charge in [-0.3, -0.25) is 4.79 Å². The van der Waals surface area contributed by atoms with Gasteiger partial charge in [0.1, 0.15) is 0 Å². The summed E-state index contributed by atoms with van der Waals surface area (Å²) < 4.78 is 0. The van der Waals surface area contributed by atoms with E-state index < -0.39 is 0 Å². The van der Waals surface area contributed by atoms with E-state index in [0.29, 0.717) is 6.54 Å². The van der Waals surface area contributed by atoms with E-state index >= 15 is 0 Å². The summed E-state index contributed by atoms with van der Waals surface area (Å²) in [5.74, 6) is 0. The van der Waals surface area contributed by atoms with Crippen LogP contribution in [0, 0.1) is 0 Å². The molecule has 16 heavy (non-hydrogen) atoms. The molecule has 0 aliphatic heterocycles. The van der Waals surface area contributed by atoms with E-state index in [1.54, 1.807) is 0 Å². The summed E-state index contributed by atoms with van der Waals surface area (Å²) in [4.78, 5) is 14.8. The van der Waals surface area contributed by atoms with Gasteiger partial charge < -0.3 is 10.3 Å². The molecule has 0 aromatic carbocycles. The molecule has 3 nitrogen and oxygen atoms in total. The number of hydrogen-bond acceptors (Lipinski definition) is 2. The van der Waals surface area contributed by atoms with Crippen molar-refractivity contribution in [2.45, 2.75) is 45.6 Å². The van der Waals surface area contributed by atoms with Crippen LogP contribution in [0.15, 0.2) is 10.9 Å². The number of nitrogens with one attached hydrogen (secondary N) is 2. The second kappa shape index (κ2) is 5.30. The zero-order valence-corrected chi connectivity index (χ0v) is 9.94. The molecule has 0 radical (unpaired) electrons. The fourth-order valence-corrected chi connectivity index (χ4v) is 2.26. The van der Waals surface area contributed by atoms with Gasteiger partial charge in [-0.05, 0) is 50.3 Å². The summed E-state index contributed by atoms with van der Waals surface area (Å²) in [6.45, 7) is 3.79. The van der Waals surface area contributed by atoms with E-state index in [2.05, 4.69) is 23.3 Å². The van der Waals surface area contributed by atoms with Crippen molar-refractivity contribution in [3.05, 3.63) is 33.2 Å². The predicted molar refractivity (Wildman–Crippen MR) is 65.7 cm³/mol. The summed E-state index contributed by atoms with van der Waals surface area (Å²) in [6, 6.07) is 2.09. The molecule has 0 bridgehead atoms. The van der Waals surface area contributed by atoms with Crippen LogP contribution in [0.25, 0.3) is 0 Å². The van der Waals surface area contributed by atoms with Crippen LogP contribution in [0.1, 0.15) is 43.0 Å². The molecule has 0 saturated carbocycles. The number of hydrogen-bond donors (Lipinski definition) is 2. The SMILES string of the molecule is CCCNCc1cc2c([nH]c1=O)CCCC2. The molecule has 2 N–H and O–H groups in total. The molecule has 0 fully saturated rings. The molecule has 88 valence electrons. The fourth-order valence-electron chi connectivity index (χ4n) is 2.26. The number of aromatic nitrogens is 1. The van der Waals surface area contributed by atoms with Crippen molar-refractivity contribution in [1.29, 1.82) is 0 Å². The Hall–Kier alpha value is -1.09. The average molecular weight is 220 g/mol. The van der Waals surface area contributed by atoms with E-state index in [9.17, 15) is 4.79 Å². The van der Waals surface area contributed by atoms with Crippen LogP contribution in [0.5, 0.6) is 0 Å². The largest absolute Gasteiger partial charge is 0.326 e. The fraction of sp³-hybridized carbons (Fsp3) is 0.615. The number of aromatic amines is 1. The van der Waals surface area contributed by atoms with Gasteiger partial charge in [0.2, 0.25) is 0 Å². The van der Waals surface area contributed by atoms with E-state index in [0.717, 1.165) is 37.1 Å². The Morgan fingerprint density at radius 1 is 1.38 bits per heavy atom. The number of rotatable bonds is 4. The number of fused-ring (bicyclic) bond motifs is 1. The van der Waals surface area contributed by atoms with Crippen molar-refractivity contribution >= 4 is 0 Å². The predicted octanol–water partition coefficient (Wildman–Crippen LogP) is 1.75. The normalized spacial score (nSPS) is 14.8. The lowest BCUT2D eigenvalue weighted by molar-refractivity contribution is 0.646. The smallest absolute Gasteiger partial charge is 0.252 e. The monoisotopic (exact) mass is 220 g/mol. The van der Waals surface area contributed by atoms with Gasteiger partial charge in [0.15, 0.2) is 0 Å². The highest BCUT2D eigenvalue weighted by Crippen LogP contribution is 2.18. The summed E-state index contributed by atoms with van der Waals surface area (Å²) in [5, 5.41) is 3.28. The molecule has 1 aromatic rings. The molecule has 0 atom stereocenters. The van der Waals surface area contributed by atoms with Gasteiger partial charge in [0.25, 0.3) is 5.56 Å². The molecule has 0 spiro atoms. The van der Waals surface area contributed by atoms with Crippen LogP contribution in [-0.2, 0) is 19.4 Å². The van der Waals surface area contributed by atoms with Crippen molar-refractivity contribution in [2.24, 2.45) is 0 Å². The van der Waals surface area contributed by atoms with Gasteiger partial charge in [0, 0.05) is 17.8 Å². The molecular formula is C13H20N2O. The molecule has 1 aromatic heterocycles. The molecule has 1 heterocycles. The van der Waals surface area contributed by atoms with Crippen LogP contribution in [0.2, 0.25) is 0 Å². The minimum Gasteiger partial charge on any atom is -0.326 e. The molecule has 1 aliphatic carbocycles. The number of pyridine rings is 1. The first-order valence-electron chi connectivity index (χ1n) is 6.26. The van der Waals surface area contributed by atoms with E-state index in [1.165, 1.54) is 18.4 Å². The number of H-pyrrole nitrogens is 1. The minimum absolute atomic E-state index is 0.0873. The first-order chi connectivity index (χ1) is 7.81. The van der Waals surface area contributed by atoms with Crippen LogP contribution < -0.4 is 10.9 Å². The lowest BCUT2D eigenvalue weighted by atomic mass is 9.95. The average Bonchev–Trinajstić information content (AvgIpc) is 2.30. The third-order valence-corrected chi connectivity index (χ3v) is 3.16. The van der Waals surface area contributed by atoms with Gasteiger partial charge in [0.05, 0.1) is 0 Å². The quantitative estimate of drug-likeness (QED) is 0.759. The van der Waals surface area contributed by atoms with Gasteiger partial charge in [-0.1, -0.05) is 6.92 Å². The summed E-state index contributed by atoms with van der Waals surface area (Å²) in [6.07, 6.45) is 5.71. The first-order valence-corrected chi connectivity index (χ1v) is 6.26. The van der Waals surface area contributed by atoms with Crippen molar-refractivity contribution in [3.8, 4) is 0 Å². The van der Waals surface area contributed by atoms with Gasteiger partial charge in [-0.25, -0.2) is 0 Å². The van der Waals surface area contributed by atoms with E-state index in [4.69, 9.17) is 0 Å². The Morgan fingerprint density at radius 3 is 3.00 bits per heavy atom. The highest BCUT2D eigenvalue weighted by molar-refractivity contribution is 5.27. The maximum atomic E-state index is 11.8. The maximum Gasteiger partial charge on any atom is 0.252 e. The Bertz CT molecular complexity index is 409. The Kier molecular flexibility index (Phi) is 3.78. The first kappa shape index (κ1) is 11.4. The summed E-state index contributed by atoms with van der Waals surface area (Å²) >= 11 is 0. The second-order valence-electron chi connectivity index (χ2n) is 4.51. The molecular weight excluding hydrogens is 200 g/mol. The lowest BCUT2D eigenvalue weighted by Gasteiger charge is -2.16. The highest BCUT2D eigenvalue weighted by Gasteiger charge is 2.12. The second-order valence-corrected chi connectivity index (χ2v) is 4.51. The maximum absolute atomic E-state index is 11.8. The minimum atomic E-state index is 0.0873. The lowest BCUT2D eigenvalue weighted by Crippen LogP contribution is -2.24. The van der Waals surface area contributed by atoms with Crippen molar-refractivity contribution < 1.29 is 0 Å². The Balaban J connectivity index is 2.16. The molecule has 0 amide bonds.